The minimum atomic E-state index is -1.12. The molecule has 0 heterocycles. The van der Waals surface area contributed by atoms with Gasteiger partial charge < -0.3 is 10.2 Å². The van der Waals surface area contributed by atoms with Crippen molar-refractivity contribution in [1.29, 1.82) is 0 Å². The van der Waals surface area contributed by atoms with Gasteiger partial charge in [-0.2, -0.15) is 0 Å². The lowest BCUT2D eigenvalue weighted by Crippen LogP contribution is -2.49. The Morgan fingerprint density at radius 1 is 1.09 bits per heavy atom. The Balaban J connectivity index is 1.61. The normalized spacial score (nSPS) is 49.3. The van der Waals surface area contributed by atoms with E-state index < -0.39 is 6.29 Å². The Kier molecular flexibility index (Phi) is 3.93. The summed E-state index contributed by atoms with van der Waals surface area (Å²) in [5.41, 5.74) is 2.62. The fourth-order valence-corrected chi connectivity index (χ4v) is 7.45. The minimum Gasteiger partial charge on any atom is -0.368 e. The van der Waals surface area contributed by atoms with Crippen molar-refractivity contribution in [2.45, 2.75) is 84.3 Å². The van der Waals surface area contributed by atoms with Gasteiger partial charge in [0, 0.05) is 6.42 Å². The molecule has 3 saturated carbocycles. The fraction of sp³-hybridized carbons (Fsp3) is 0.905. The average molecular weight is 319 g/mol. The van der Waals surface area contributed by atoms with Crippen molar-refractivity contribution in [2.75, 3.05) is 0 Å². The molecule has 0 aliphatic heterocycles. The third kappa shape index (κ3) is 2.35. The maximum atomic E-state index is 9.49. The number of allylic oxidation sites excluding steroid dienone is 2. The van der Waals surface area contributed by atoms with Crippen LogP contribution in [0.1, 0.15) is 78.1 Å². The van der Waals surface area contributed by atoms with Crippen LogP contribution in [0.2, 0.25) is 0 Å². The first-order chi connectivity index (χ1) is 10.9. The smallest absolute Gasteiger partial charge is 0.151 e. The van der Waals surface area contributed by atoms with Crippen LogP contribution < -0.4 is 0 Å². The van der Waals surface area contributed by atoms with Gasteiger partial charge in [-0.05, 0) is 85.9 Å². The number of rotatable bonds is 2. The molecule has 4 aliphatic carbocycles. The van der Waals surface area contributed by atoms with E-state index in [9.17, 15) is 10.2 Å². The van der Waals surface area contributed by atoms with Crippen molar-refractivity contribution in [3.63, 3.8) is 0 Å². The van der Waals surface area contributed by atoms with Crippen LogP contribution in [0.5, 0.6) is 0 Å². The van der Waals surface area contributed by atoms with Crippen molar-refractivity contribution >= 4 is 0 Å². The van der Waals surface area contributed by atoms with Gasteiger partial charge in [0.05, 0.1) is 0 Å². The zero-order valence-corrected chi connectivity index (χ0v) is 14.9. The molecule has 0 aromatic heterocycles. The van der Waals surface area contributed by atoms with E-state index in [1.165, 1.54) is 57.8 Å². The third-order valence-corrected chi connectivity index (χ3v) is 8.71. The molecule has 0 bridgehead atoms. The predicted octanol–water partition coefficient (Wildman–Crippen LogP) is 4.66. The van der Waals surface area contributed by atoms with Gasteiger partial charge in [-0.25, -0.2) is 0 Å². The maximum Gasteiger partial charge on any atom is 0.151 e. The zero-order chi connectivity index (χ0) is 16.2. The summed E-state index contributed by atoms with van der Waals surface area (Å²) < 4.78 is 0. The zero-order valence-electron chi connectivity index (χ0n) is 14.9. The fourth-order valence-electron chi connectivity index (χ4n) is 7.45. The molecule has 0 spiro atoms. The molecule has 23 heavy (non-hydrogen) atoms. The maximum absolute atomic E-state index is 9.49. The Hall–Kier alpha value is -0.340. The van der Waals surface area contributed by atoms with E-state index in [1.807, 2.05) is 0 Å². The van der Waals surface area contributed by atoms with Crippen LogP contribution in [0, 0.1) is 34.5 Å². The van der Waals surface area contributed by atoms with Crippen molar-refractivity contribution < 1.29 is 10.2 Å². The summed E-state index contributed by atoms with van der Waals surface area (Å²) in [7, 11) is 0. The molecule has 0 radical (unpaired) electrons. The summed E-state index contributed by atoms with van der Waals surface area (Å²) >= 11 is 0. The van der Waals surface area contributed by atoms with E-state index in [1.54, 1.807) is 5.57 Å². The van der Waals surface area contributed by atoms with Crippen LogP contribution in [0.4, 0.5) is 0 Å². The minimum absolute atomic E-state index is 0.348. The molecule has 0 amide bonds. The second-order valence-electron chi connectivity index (χ2n) is 9.50. The van der Waals surface area contributed by atoms with Crippen molar-refractivity contribution in [3.8, 4) is 0 Å². The van der Waals surface area contributed by atoms with Crippen LogP contribution >= 0.6 is 0 Å². The average Bonchev–Trinajstić information content (AvgIpc) is 2.83. The van der Waals surface area contributed by atoms with Gasteiger partial charge in [-0.1, -0.05) is 31.9 Å². The first kappa shape index (κ1) is 16.1. The summed E-state index contributed by atoms with van der Waals surface area (Å²) in [4.78, 5) is 0. The standard InChI is InChI=1S/C21H34O2/c1-20-11-4-3-5-14(20)6-8-16-17-9-7-15(13-19(22)23)21(17,2)12-10-18(16)20/h6,15-19,22-23H,3-5,7-13H2,1-2H3/t15-,16+,17+,18+,20+,21-/m1/s1. The Morgan fingerprint density at radius 2 is 1.91 bits per heavy atom. The van der Waals surface area contributed by atoms with Gasteiger partial charge in [0.2, 0.25) is 0 Å². The molecule has 3 fully saturated rings. The highest BCUT2D eigenvalue weighted by molar-refractivity contribution is 5.24. The van der Waals surface area contributed by atoms with E-state index in [0.29, 0.717) is 23.2 Å². The van der Waals surface area contributed by atoms with E-state index in [2.05, 4.69) is 19.9 Å². The second kappa shape index (κ2) is 5.59. The van der Waals surface area contributed by atoms with E-state index in [-0.39, 0.29) is 0 Å². The topological polar surface area (TPSA) is 40.5 Å². The summed E-state index contributed by atoms with van der Waals surface area (Å²) in [5.74, 6) is 3.06. The molecule has 0 aromatic carbocycles. The second-order valence-corrected chi connectivity index (χ2v) is 9.50. The van der Waals surface area contributed by atoms with Gasteiger partial charge in [-0.3, -0.25) is 0 Å². The van der Waals surface area contributed by atoms with Crippen LogP contribution in [0.3, 0.4) is 0 Å². The molecule has 0 saturated heterocycles. The highest BCUT2D eigenvalue weighted by atomic mass is 16.5. The van der Waals surface area contributed by atoms with Crippen molar-refractivity contribution in [2.24, 2.45) is 34.5 Å². The first-order valence-corrected chi connectivity index (χ1v) is 10.0. The molecule has 2 nitrogen and oxygen atoms in total. The van der Waals surface area contributed by atoms with Crippen LogP contribution in [0.25, 0.3) is 0 Å². The third-order valence-electron chi connectivity index (χ3n) is 8.71. The SMILES string of the molecule is C[C@]12CC[C@H]3[C@@H](CC=C4CCCC[C@@]43C)[C@@H]1CC[C@@H]2CC(O)O. The van der Waals surface area contributed by atoms with Crippen molar-refractivity contribution in [1.82, 2.24) is 0 Å². The van der Waals surface area contributed by atoms with Gasteiger partial charge in [0.1, 0.15) is 0 Å². The first-order valence-electron chi connectivity index (χ1n) is 10.0. The van der Waals surface area contributed by atoms with Gasteiger partial charge in [-0.15, -0.1) is 0 Å². The van der Waals surface area contributed by atoms with Gasteiger partial charge in [0.25, 0.3) is 0 Å². The lowest BCUT2D eigenvalue weighted by atomic mass is 9.47. The summed E-state index contributed by atoms with van der Waals surface area (Å²) in [5, 5.41) is 19.0. The Labute approximate surface area is 141 Å². The molecule has 0 unspecified atom stereocenters. The van der Waals surface area contributed by atoms with Crippen LogP contribution in [0.15, 0.2) is 11.6 Å². The lowest BCUT2D eigenvalue weighted by molar-refractivity contribution is -0.0874. The van der Waals surface area contributed by atoms with E-state index >= 15 is 0 Å². The highest BCUT2D eigenvalue weighted by Crippen LogP contribution is 2.66. The van der Waals surface area contributed by atoms with E-state index in [0.717, 1.165) is 17.8 Å². The molecule has 130 valence electrons. The molecule has 2 N–H and O–H groups in total. The van der Waals surface area contributed by atoms with Crippen LogP contribution in [-0.4, -0.2) is 16.5 Å². The summed E-state index contributed by atoms with van der Waals surface area (Å²) in [6.07, 6.45) is 14.1. The van der Waals surface area contributed by atoms with Crippen LogP contribution in [-0.2, 0) is 0 Å². The Morgan fingerprint density at radius 3 is 2.70 bits per heavy atom. The number of aliphatic hydroxyl groups is 2. The molecule has 6 atom stereocenters. The lowest BCUT2D eigenvalue weighted by Gasteiger charge is -2.57. The number of fused-ring (bicyclic) bond motifs is 5. The molecular weight excluding hydrogens is 284 g/mol. The summed E-state index contributed by atoms with van der Waals surface area (Å²) in [6, 6.07) is 0. The largest absolute Gasteiger partial charge is 0.368 e. The summed E-state index contributed by atoms with van der Waals surface area (Å²) in [6.45, 7) is 5.04. The molecular formula is C21H34O2. The highest BCUT2D eigenvalue weighted by Gasteiger charge is 2.58. The van der Waals surface area contributed by atoms with E-state index in [4.69, 9.17) is 0 Å². The quantitative estimate of drug-likeness (QED) is 0.574. The molecule has 4 aliphatic rings. The van der Waals surface area contributed by atoms with Crippen molar-refractivity contribution in [3.05, 3.63) is 11.6 Å². The van der Waals surface area contributed by atoms with Gasteiger partial charge >= 0.3 is 0 Å². The Bertz CT molecular complexity index is 496. The monoisotopic (exact) mass is 318 g/mol. The predicted molar refractivity (Wildman–Crippen MR) is 92.7 cm³/mol. The number of hydrogen-bond donors (Lipinski definition) is 2. The number of aliphatic hydroxyl groups excluding tert-OH is 1. The molecule has 2 heteroatoms. The van der Waals surface area contributed by atoms with Gasteiger partial charge in [0.15, 0.2) is 6.29 Å². The molecule has 4 rings (SSSR count). The number of hydrogen-bond acceptors (Lipinski definition) is 2. The molecule has 0 aromatic rings.